The van der Waals surface area contributed by atoms with Crippen LogP contribution in [0.4, 0.5) is 0 Å². The summed E-state index contributed by atoms with van der Waals surface area (Å²) in [6.45, 7) is 3.10. The third-order valence-corrected chi connectivity index (χ3v) is 3.93. The molecule has 0 saturated heterocycles. The molecule has 1 amide bonds. The van der Waals surface area contributed by atoms with Crippen LogP contribution in [0.2, 0.25) is 0 Å². The Bertz CT molecular complexity index is 527. The number of hydrogen-bond donors (Lipinski definition) is 2. The fourth-order valence-corrected chi connectivity index (χ4v) is 2.77. The minimum Gasteiger partial charge on any atom is -0.352 e. The van der Waals surface area contributed by atoms with Crippen molar-refractivity contribution < 1.29 is 4.79 Å². The van der Waals surface area contributed by atoms with E-state index in [-0.39, 0.29) is 11.8 Å². The van der Waals surface area contributed by atoms with Crippen molar-refractivity contribution in [1.82, 2.24) is 5.32 Å². The molecule has 1 saturated carbocycles. The summed E-state index contributed by atoms with van der Waals surface area (Å²) in [5.41, 5.74) is 7.38. The van der Waals surface area contributed by atoms with Crippen molar-refractivity contribution in [3.63, 3.8) is 0 Å². The van der Waals surface area contributed by atoms with Crippen molar-refractivity contribution in [3.8, 4) is 11.8 Å². The van der Waals surface area contributed by atoms with Gasteiger partial charge in [0, 0.05) is 18.0 Å². The lowest BCUT2D eigenvalue weighted by Crippen LogP contribution is -2.31. The average molecular weight is 270 g/mol. The van der Waals surface area contributed by atoms with E-state index in [9.17, 15) is 4.79 Å². The van der Waals surface area contributed by atoms with E-state index in [0.29, 0.717) is 19.0 Å². The van der Waals surface area contributed by atoms with Gasteiger partial charge in [-0.15, -0.1) is 0 Å². The molecule has 1 aliphatic rings. The van der Waals surface area contributed by atoms with Gasteiger partial charge in [-0.25, -0.2) is 0 Å². The molecular formula is C17H22N2O. The predicted molar refractivity (Wildman–Crippen MR) is 80.7 cm³/mol. The molecule has 1 aromatic carbocycles. The molecule has 3 heteroatoms. The first kappa shape index (κ1) is 14.6. The highest BCUT2D eigenvalue weighted by molar-refractivity contribution is 5.79. The summed E-state index contributed by atoms with van der Waals surface area (Å²) in [6.07, 6.45) is 3.36. The molecule has 0 spiro atoms. The maximum atomic E-state index is 12.1. The average Bonchev–Trinajstić information content (AvgIpc) is 2.89. The summed E-state index contributed by atoms with van der Waals surface area (Å²) >= 11 is 0. The number of benzene rings is 1. The van der Waals surface area contributed by atoms with Gasteiger partial charge < -0.3 is 11.1 Å². The van der Waals surface area contributed by atoms with Crippen molar-refractivity contribution in [3.05, 3.63) is 35.4 Å². The number of nitrogens with two attached hydrogens (primary N) is 1. The van der Waals surface area contributed by atoms with Crippen LogP contribution in [0.3, 0.4) is 0 Å². The highest BCUT2D eigenvalue weighted by Crippen LogP contribution is 2.31. The first-order valence-corrected chi connectivity index (χ1v) is 7.26. The van der Waals surface area contributed by atoms with E-state index >= 15 is 0 Å². The lowest BCUT2D eigenvalue weighted by molar-refractivity contribution is -0.126. The number of carbonyl (C=O) groups is 1. The zero-order chi connectivity index (χ0) is 14.4. The van der Waals surface area contributed by atoms with Gasteiger partial charge in [0.1, 0.15) is 0 Å². The van der Waals surface area contributed by atoms with Gasteiger partial charge in [0.05, 0.1) is 6.54 Å². The Kier molecular flexibility index (Phi) is 5.20. The molecule has 1 fully saturated rings. The van der Waals surface area contributed by atoms with Gasteiger partial charge in [0.25, 0.3) is 0 Å². The predicted octanol–water partition coefficient (Wildman–Crippen LogP) is 2.05. The number of rotatable bonds is 3. The molecule has 20 heavy (non-hydrogen) atoms. The van der Waals surface area contributed by atoms with Gasteiger partial charge >= 0.3 is 0 Å². The molecule has 0 heterocycles. The Labute approximate surface area is 120 Å². The SMILES string of the molecule is CC1CCCC1C(=O)NCc1cccc(C#CCN)c1. The molecule has 2 rings (SSSR count). The van der Waals surface area contributed by atoms with Gasteiger partial charge in [0.15, 0.2) is 0 Å². The van der Waals surface area contributed by atoms with E-state index in [0.717, 1.165) is 17.5 Å². The van der Waals surface area contributed by atoms with E-state index in [1.807, 2.05) is 24.3 Å². The maximum absolute atomic E-state index is 12.1. The van der Waals surface area contributed by atoms with Crippen molar-refractivity contribution in [1.29, 1.82) is 0 Å². The highest BCUT2D eigenvalue weighted by Gasteiger charge is 2.29. The number of amides is 1. The standard InChI is InChI=1S/C17H22N2O/c1-13-5-2-9-16(13)17(20)19-12-15-7-3-6-14(11-15)8-4-10-18/h3,6-7,11,13,16H,2,5,9-10,12,18H2,1H3,(H,19,20). The zero-order valence-corrected chi connectivity index (χ0v) is 12.0. The topological polar surface area (TPSA) is 55.1 Å². The second-order valence-electron chi connectivity index (χ2n) is 5.44. The number of nitrogens with one attached hydrogen (secondary N) is 1. The normalized spacial score (nSPS) is 21.1. The van der Waals surface area contributed by atoms with Crippen LogP contribution in [-0.4, -0.2) is 12.5 Å². The summed E-state index contributed by atoms with van der Waals surface area (Å²) in [5.74, 6) is 6.73. The molecule has 2 atom stereocenters. The van der Waals surface area contributed by atoms with Crippen molar-refractivity contribution in [2.45, 2.75) is 32.7 Å². The number of carbonyl (C=O) groups excluding carboxylic acids is 1. The van der Waals surface area contributed by atoms with Crippen molar-refractivity contribution >= 4 is 5.91 Å². The third kappa shape index (κ3) is 3.85. The van der Waals surface area contributed by atoms with Gasteiger partial charge in [0.2, 0.25) is 5.91 Å². The van der Waals surface area contributed by atoms with Crippen LogP contribution in [0.15, 0.2) is 24.3 Å². The molecule has 2 unspecified atom stereocenters. The minimum atomic E-state index is 0.188. The molecule has 0 bridgehead atoms. The van der Waals surface area contributed by atoms with Crippen molar-refractivity contribution in [2.75, 3.05) is 6.54 Å². The Hall–Kier alpha value is -1.79. The summed E-state index contributed by atoms with van der Waals surface area (Å²) in [6, 6.07) is 7.92. The molecule has 0 radical (unpaired) electrons. The lowest BCUT2D eigenvalue weighted by Gasteiger charge is -2.15. The number of hydrogen-bond acceptors (Lipinski definition) is 2. The van der Waals surface area contributed by atoms with Gasteiger partial charge in [-0.1, -0.05) is 37.3 Å². The first-order valence-electron chi connectivity index (χ1n) is 7.26. The van der Waals surface area contributed by atoms with Crippen LogP contribution in [0.25, 0.3) is 0 Å². The molecule has 0 aromatic heterocycles. The summed E-state index contributed by atoms with van der Waals surface area (Å²) in [4.78, 5) is 12.1. The highest BCUT2D eigenvalue weighted by atomic mass is 16.1. The largest absolute Gasteiger partial charge is 0.352 e. The Morgan fingerprint density at radius 1 is 1.45 bits per heavy atom. The fourth-order valence-electron chi connectivity index (χ4n) is 2.77. The first-order chi connectivity index (χ1) is 9.70. The molecule has 1 aliphatic carbocycles. The maximum Gasteiger partial charge on any atom is 0.223 e. The van der Waals surface area contributed by atoms with Crippen molar-refractivity contribution in [2.24, 2.45) is 17.6 Å². The third-order valence-electron chi connectivity index (χ3n) is 3.93. The summed E-state index contributed by atoms with van der Waals surface area (Å²) in [7, 11) is 0. The second-order valence-corrected chi connectivity index (χ2v) is 5.44. The van der Waals surface area contributed by atoms with Gasteiger partial charge in [-0.2, -0.15) is 0 Å². The van der Waals surface area contributed by atoms with Crippen LogP contribution in [-0.2, 0) is 11.3 Å². The van der Waals surface area contributed by atoms with Crippen LogP contribution < -0.4 is 11.1 Å². The molecule has 106 valence electrons. The molecule has 0 aliphatic heterocycles. The monoisotopic (exact) mass is 270 g/mol. The Morgan fingerprint density at radius 2 is 2.30 bits per heavy atom. The summed E-state index contributed by atoms with van der Waals surface area (Å²) < 4.78 is 0. The van der Waals surface area contributed by atoms with E-state index < -0.39 is 0 Å². The minimum absolute atomic E-state index is 0.188. The van der Waals surface area contributed by atoms with Gasteiger partial charge in [-0.3, -0.25) is 4.79 Å². The fraction of sp³-hybridized carbons (Fsp3) is 0.471. The van der Waals surface area contributed by atoms with Crippen LogP contribution in [0.1, 0.15) is 37.3 Å². The smallest absolute Gasteiger partial charge is 0.223 e. The van der Waals surface area contributed by atoms with Crippen LogP contribution in [0, 0.1) is 23.7 Å². The molecule has 3 N–H and O–H groups in total. The Morgan fingerprint density at radius 3 is 3.00 bits per heavy atom. The van der Waals surface area contributed by atoms with E-state index in [1.165, 1.54) is 12.8 Å². The zero-order valence-electron chi connectivity index (χ0n) is 12.0. The molecule has 1 aromatic rings. The van der Waals surface area contributed by atoms with Gasteiger partial charge in [-0.05, 0) is 36.5 Å². The van der Waals surface area contributed by atoms with E-state index in [1.54, 1.807) is 0 Å². The quantitative estimate of drug-likeness (QED) is 0.826. The van der Waals surface area contributed by atoms with E-state index in [4.69, 9.17) is 5.73 Å². The second kappa shape index (κ2) is 7.12. The summed E-state index contributed by atoms with van der Waals surface area (Å²) in [5, 5.41) is 3.04. The Balaban J connectivity index is 1.92. The lowest BCUT2D eigenvalue weighted by atomic mass is 9.97. The molecular weight excluding hydrogens is 248 g/mol. The van der Waals surface area contributed by atoms with Crippen LogP contribution in [0.5, 0.6) is 0 Å². The molecule has 3 nitrogen and oxygen atoms in total. The van der Waals surface area contributed by atoms with E-state index in [2.05, 4.69) is 24.1 Å². The van der Waals surface area contributed by atoms with Crippen LogP contribution >= 0.6 is 0 Å².